The normalized spacial score (nSPS) is 11.3. The highest BCUT2D eigenvalue weighted by atomic mass is 32.2. The van der Waals surface area contributed by atoms with Gasteiger partial charge in [-0.15, -0.1) is 11.8 Å². The van der Waals surface area contributed by atoms with Crippen LogP contribution in [0.4, 0.5) is 18.3 Å². The number of aromatic nitrogens is 1. The molecule has 0 aliphatic heterocycles. The van der Waals surface area contributed by atoms with Crippen molar-refractivity contribution in [1.29, 1.82) is 0 Å². The van der Waals surface area contributed by atoms with Crippen molar-refractivity contribution in [3.05, 3.63) is 30.0 Å². The molecule has 0 bridgehead atoms. The molecule has 0 aliphatic carbocycles. The lowest BCUT2D eigenvalue weighted by molar-refractivity contribution is -0.156. The number of thioether (sulfide) groups is 1. The SMILES string of the molecule is COc1ccc(CN(C)c2ncc(SC(C)(C)C)s2)c(OC)c1.O=CC(F)(F)F. The Hall–Kier alpha value is -1.94. The molecule has 0 N–H and O–H groups in total. The third-order valence-electron chi connectivity index (χ3n) is 3.24. The summed E-state index contributed by atoms with van der Waals surface area (Å²) < 4.78 is 43.4. The number of alkyl halides is 3. The van der Waals surface area contributed by atoms with Crippen LogP contribution in [0.3, 0.4) is 0 Å². The van der Waals surface area contributed by atoms with Crippen LogP contribution in [-0.4, -0.2) is 43.5 Å². The van der Waals surface area contributed by atoms with Crippen LogP contribution in [-0.2, 0) is 11.3 Å². The minimum atomic E-state index is -4.64. The minimum Gasteiger partial charge on any atom is -0.497 e. The third-order valence-corrected chi connectivity index (χ3v) is 5.57. The van der Waals surface area contributed by atoms with Gasteiger partial charge in [-0.1, -0.05) is 32.1 Å². The van der Waals surface area contributed by atoms with Gasteiger partial charge in [0.15, 0.2) is 5.13 Å². The smallest absolute Gasteiger partial charge is 0.446 e. The van der Waals surface area contributed by atoms with Gasteiger partial charge in [0.2, 0.25) is 6.29 Å². The maximum atomic E-state index is 10.4. The van der Waals surface area contributed by atoms with Crippen molar-refractivity contribution in [2.45, 2.75) is 42.4 Å². The Morgan fingerprint density at radius 2 is 1.83 bits per heavy atom. The number of carbonyl (C=O) groups is 1. The number of ether oxygens (including phenoxy) is 2. The largest absolute Gasteiger partial charge is 0.497 e. The predicted octanol–water partition coefficient (Wildman–Crippen LogP) is 5.43. The highest BCUT2D eigenvalue weighted by Gasteiger charge is 2.24. The van der Waals surface area contributed by atoms with Gasteiger partial charge < -0.3 is 14.4 Å². The van der Waals surface area contributed by atoms with E-state index in [9.17, 15) is 13.2 Å². The van der Waals surface area contributed by atoms with Crippen molar-refractivity contribution in [1.82, 2.24) is 4.98 Å². The van der Waals surface area contributed by atoms with Gasteiger partial charge in [0, 0.05) is 30.0 Å². The van der Waals surface area contributed by atoms with E-state index in [1.54, 1.807) is 25.6 Å². The highest BCUT2D eigenvalue weighted by Crippen LogP contribution is 2.38. The van der Waals surface area contributed by atoms with Crippen molar-refractivity contribution < 1.29 is 27.4 Å². The van der Waals surface area contributed by atoms with Crippen LogP contribution in [0.15, 0.2) is 28.6 Å². The van der Waals surface area contributed by atoms with Gasteiger partial charge in [0.25, 0.3) is 0 Å². The first kappa shape index (κ1) is 25.1. The van der Waals surface area contributed by atoms with Crippen molar-refractivity contribution in [2.24, 2.45) is 0 Å². The lowest BCUT2D eigenvalue weighted by Gasteiger charge is -2.18. The Morgan fingerprint density at radius 1 is 1.21 bits per heavy atom. The number of hydrogen-bond acceptors (Lipinski definition) is 7. The number of nitrogens with zero attached hydrogens (tertiary/aromatic N) is 2. The molecule has 0 amide bonds. The molecular weight excluding hydrogens is 425 g/mol. The molecule has 1 heterocycles. The Bertz CT molecular complexity index is 790. The molecule has 1 aromatic heterocycles. The summed E-state index contributed by atoms with van der Waals surface area (Å²) in [6.07, 6.45) is -3.75. The molecule has 0 radical (unpaired) electrons. The summed E-state index contributed by atoms with van der Waals surface area (Å²) in [5.74, 6) is 1.63. The maximum absolute atomic E-state index is 10.4. The highest BCUT2D eigenvalue weighted by molar-refractivity contribution is 8.02. The van der Waals surface area contributed by atoms with Crippen molar-refractivity contribution in [3.63, 3.8) is 0 Å². The van der Waals surface area contributed by atoms with Crippen molar-refractivity contribution in [3.8, 4) is 11.5 Å². The molecule has 2 aromatic rings. The summed E-state index contributed by atoms with van der Waals surface area (Å²) in [6.45, 7) is 7.37. The second kappa shape index (κ2) is 10.7. The predicted molar refractivity (Wildman–Crippen MR) is 111 cm³/mol. The Labute approximate surface area is 177 Å². The van der Waals surface area contributed by atoms with E-state index in [0.29, 0.717) is 0 Å². The quantitative estimate of drug-likeness (QED) is 0.432. The molecule has 0 saturated heterocycles. The Morgan fingerprint density at radius 3 is 2.31 bits per heavy atom. The van der Waals surface area contributed by atoms with E-state index in [-0.39, 0.29) is 4.75 Å². The van der Waals surface area contributed by atoms with Crippen LogP contribution < -0.4 is 14.4 Å². The van der Waals surface area contributed by atoms with Gasteiger partial charge in [0.05, 0.1) is 24.6 Å². The van der Waals surface area contributed by atoms with E-state index >= 15 is 0 Å². The molecule has 0 aliphatic rings. The van der Waals surface area contributed by atoms with E-state index in [4.69, 9.17) is 14.3 Å². The molecule has 0 spiro atoms. The Balaban J connectivity index is 0.000000612. The molecule has 10 heteroatoms. The molecule has 0 fully saturated rings. The third kappa shape index (κ3) is 9.40. The first-order valence-corrected chi connectivity index (χ1v) is 10.1. The van der Waals surface area contributed by atoms with E-state index < -0.39 is 12.5 Å². The summed E-state index contributed by atoms with van der Waals surface area (Å²) in [5, 5.41) is 1.01. The zero-order valence-electron chi connectivity index (χ0n) is 17.2. The monoisotopic (exact) mass is 450 g/mol. The molecule has 2 rings (SSSR count). The number of halogens is 3. The van der Waals surface area contributed by atoms with Crippen LogP contribution in [0.2, 0.25) is 0 Å². The van der Waals surface area contributed by atoms with Crippen LogP contribution in [0, 0.1) is 0 Å². The number of methoxy groups -OCH3 is 2. The van der Waals surface area contributed by atoms with Crippen molar-refractivity contribution >= 4 is 34.5 Å². The number of benzene rings is 1. The second-order valence-corrected chi connectivity index (χ2v) is 10.0. The lowest BCUT2D eigenvalue weighted by atomic mass is 10.2. The number of carbonyl (C=O) groups excluding carboxylic acids is 1. The number of thiazole rings is 1. The number of rotatable bonds is 6. The van der Waals surface area contributed by atoms with Gasteiger partial charge >= 0.3 is 6.18 Å². The average Bonchev–Trinajstić information content (AvgIpc) is 3.08. The van der Waals surface area contributed by atoms with Crippen molar-refractivity contribution in [2.75, 3.05) is 26.2 Å². The molecule has 0 unspecified atom stereocenters. The van der Waals surface area contributed by atoms with Gasteiger partial charge in [-0.2, -0.15) is 13.2 Å². The standard InChI is InChI=1S/C17H24N2O2S2.C2HF3O/c1-17(2,3)23-15-10-18-16(22-15)19(4)11-12-7-8-13(20-5)9-14(12)21-6;3-2(4,5)1-6/h7-10H,11H2,1-6H3;1H. The maximum Gasteiger partial charge on any atom is 0.446 e. The van der Waals surface area contributed by atoms with Crippen LogP contribution in [0.25, 0.3) is 0 Å². The molecule has 0 saturated carbocycles. The van der Waals surface area contributed by atoms with Gasteiger partial charge in [-0.25, -0.2) is 4.98 Å². The number of aldehydes is 1. The summed E-state index contributed by atoms with van der Waals surface area (Å²) in [5.41, 5.74) is 1.11. The van der Waals surface area contributed by atoms with E-state index in [2.05, 4.69) is 30.7 Å². The fourth-order valence-electron chi connectivity index (χ4n) is 2.08. The van der Waals surface area contributed by atoms with E-state index in [0.717, 1.165) is 28.7 Å². The summed E-state index contributed by atoms with van der Waals surface area (Å²) in [6, 6.07) is 5.90. The minimum absolute atomic E-state index is 0.196. The molecule has 162 valence electrons. The average molecular weight is 451 g/mol. The summed E-state index contributed by atoms with van der Waals surface area (Å²) in [4.78, 5) is 15.4. The first-order valence-electron chi connectivity index (χ1n) is 8.48. The first-order chi connectivity index (χ1) is 13.4. The van der Waals surface area contributed by atoms with Crippen LogP contribution in [0.1, 0.15) is 26.3 Å². The fourth-order valence-corrected chi connectivity index (χ4v) is 4.54. The molecular formula is C19H25F3N2O3S2. The van der Waals surface area contributed by atoms with Crippen LogP contribution in [0.5, 0.6) is 11.5 Å². The van der Waals surface area contributed by atoms with Crippen LogP contribution >= 0.6 is 23.1 Å². The van der Waals surface area contributed by atoms with E-state index in [1.807, 2.05) is 43.2 Å². The molecule has 1 aromatic carbocycles. The zero-order valence-corrected chi connectivity index (χ0v) is 18.8. The zero-order chi connectivity index (χ0) is 22.2. The topological polar surface area (TPSA) is 51.7 Å². The fraction of sp³-hybridized carbons (Fsp3) is 0.474. The lowest BCUT2D eigenvalue weighted by Crippen LogP contribution is -2.16. The molecule has 0 atom stereocenters. The van der Waals surface area contributed by atoms with E-state index in [1.165, 1.54) is 4.21 Å². The van der Waals surface area contributed by atoms with Gasteiger partial charge in [-0.05, 0) is 12.1 Å². The summed E-state index contributed by atoms with van der Waals surface area (Å²) in [7, 11) is 5.39. The number of hydrogen-bond donors (Lipinski definition) is 0. The summed E-state index contributed by atoms with van der Waals surface area (Å²) >= 11 is 3.57. The molecule has 29 heavy (non-hydrogen) atoms. The number of anilines is 1. The Kier molecular flexibility index (Phi) is 9.28. The van der Waals surface area contributed by atoms with Gasteiger partial charge in [-0.3, -0.25) is 4.79 Å². The second-order valence-electron chi connectivity index (χ2n) is 6.87. The molecule has 5 nitrogen and oxygen atoms in total. The van der Waals surface area contributed by atoms with Gasteiger partial charge in [0.1, 0.15) is 11.5 Å².